The van der Waals surface area contributed by atoms with Gasteiger partial charge in [-0.1, -0.05) is 13.3 Å². The highest BCUT2D eigenvalue weighted by Crippen LogP contribution is 2.24. The molecule has 1 unspecified atom stereocenters. The van der Waals surface area contributed by atoms with Gasteiger partial charge in [-0.2, -0.15) is 5.10 Å². The largest absolute Gasteiger partial charge is 0.369 e. The van der Waals surface area contributed by atoms with Gasteiger partial charge in [-0.15, -0.1) is 5.10 Å². The molecule has 74 valence electrons. The molecule has 0 aliphatic heterocycles. The third-order valence-electron chi connectivity index (χ3n) is 2.49. The molecule has 0 heterocycles. The minimum absolute atomic E-state index is 0.0473. The summed E-state index contributed by atoms with van der Waals surface area (Å²) >= 11 is 0. The third-order valence-corrected chi connectivity index (χ3v) is 2.49. The first-order chi connectivity index (χ1) is 6.22. The lowest BCUT2D eigenvalue weighted by Crippen LogP contribution is -2.22. The molecule has 4 heteroatoms. The Morgan fingerprint density at radius 1 is 1.54 bits per heavy atom. The number of hydrogen-bond donors (Lipinski definition) is 2. The molecule has 1 saturated carbocycles. The van der Waals surface area contributed by atoms with Crippen molar-refractivity contribution in [1.29, 1.82) is 0 Å². The molecule has 1 aliphatic rings. The molecule has 1 atom stereocenters. The Hall–Kier alpha value is -1.06. The van der Waals surface area contributed by atoms with Crippen LogP contribution in [0.3, 0.4) is 0 Å². The highest BCUT2D eigenvalue weighted by atomic mass is 15.3. The molecule has 4 nitrogen and oxygen atoms in total. The number of nitrogens with zero attached hydrogens (tertiary/aromatic N) is 2. The molecule has 0 bridgehead atoms. The summed E-state index contributed by atoms with van der Waals surface area (Å²) in [4.78, 5) is 0. The van der Waals surface area contributed by atoms with Crippen LogP contribution in [0, 0.1) is 5.92 Å². The quantitative estimate of drug-likeness (QED) is 0.382. The van der Waals surface area contributed by atoms with Crippen LogP contribution in [0.4, 0.5) is 0 Å². The number of nitrogens with two attached hydrogens (primary N) is 2. The van der Waals surface area contributed by atoms with Crippen molar-refractivity contribution in [3.8, 4) is 0 Å². The second kappa shape index (κ2) is 4.84. The molecular formula is C9H18N4. The first-order valence-corrected chi connectivity index (χ1v) is 4.86. The van der Waals surface area contributed by atoms with E-state index in [4.69, 9.17) is 11.5 Å². The van der Waals surface area contributed by atoms with Crippen LogP contribution in [0.2, 0.25) is 0 Å². The lowest BCUT2D eigenvalue weighted by atomic mass is 9.86. The molecule has 0 spiro atoms. The van der Waals surface area contributed by atoms with Gasteiger partial charge in [0, 0.05) is 5.71 Å². The fourth-order valence-electron chi connectivity index (χ4n) is 1.70. The van der Waals surface area contributed by atoms with Crippen LogP contribution in [0.25, 0.3) is 0 Å². The lowest BCUT2D eigenvalue weighted by Gasteiger charge is -2.20. The van der Waals surface area contributed by atoms with Gasteiger partial charge >= 0.3 is 0 Å². The van der Waals surface area contributed by atoms with E-state index < -0.39 is 0 Å². The summed E-state index contributed by atoms with van der Waals surface area (Å²) in [5.74, 6) is 0.827. The van der Waals surface area contributed by atoms with E-state index >= 15 is 0 Å². The highest BCUT2D eigenvalue weighted by molar-refractivity contribution is 5.86. The van der Waals surface area contributed by atoms with E-state index in [2.05, 4.69) is 17.1 Å². The minimum atomic E-state index is 0.0473. The van der Waals surface area contributed by atoms with Crippen molar-refractivity contribution in [1.82, 2.24) is 0 Å². The third kappa shape index (κ3) is 3.44. The van der Waals surface area contributed by atoms with Crippen molar-refractivity contribution in [2.75, 3.05) is 0 Å². The Balaban J connectivity index is 2.50. The Bertz CT molecular complexity index is 216. The van der Waals surface area contributed by atoms with Crippen LogP contribution in [0.5, 0.6) is 0 Å². The van der Waals surface area contributed by atoms with E-state index in [0.29, 0.717) is 0 Å². The Morgan fingerprint density at radius 3 is 2.92 bits per heavy atom. The Labute approximate surface area is 79.1 Å². The molecule has 0 aromatic rings. The average Bonchev–Trinajstić information content (AvgIpc) is 2.15. The maximum atomic E-state index is 5.20. The monoisotopic (exact) mass is 182 g/mol. The molecule has 0 saturated heterocycles. The standard InChI is InChI=1S/C9H18N4/c1-2-7-4-3-5-8(6-7)12-13-9(10)11/h7H,2-6H2,1H3,(H4,10,11,13). The molecule has 0 radical (unpaired) electrons. The average molecular weight is 182 g/mol. The molecule has 0 aromatic carbocycles. The van der Waals surface area contributed by atoms with Gasteiger partial charge in [0.05, 0.1) is 0 Å². The molecular weight excluding hydrogens is 164 g/mol. The molecule has 1 fully saturated rings. The molecule has 1 aliphatic carbocycles. The van der Waals surface area contributed by atoms with Gasteiger partial charge in [-0.05, 0) is 31.6 Å². The molecule has 0 amide bonds. The summed E-state index contributed by atoms with van der Waals surface area (Å²) in [6.07, 6.45) is 5.87. The van der Waals surface area contributed by atoms with Crippen LogP contribution in [-0.4, -0.2) is 11.7 Å². The summed E-state index contributed by atoms with van der Waals surface area (Å²) in [7, 11) is 0. The first-order valence-electron chi connectivity index (χ1n) is 4.86. The van der Waals surface area contributed by atoms with Gasteiger partial charge in [-0.3, -0.25) is 0 Å². The van der Waals surface area contributed by atoms with Gasteiger partial charge in [0.2, 0.25) is 5.96 Å². The maximum absolute atomic E-state index is 5.20. The van der Waals surface area contributed by atoms with Gasteiger partial charge in [0.1, 0.15) is 0 Å². The second-order valence-corrected chi connectivity index (χ2v) is 3.56. The summed E-state index contributed by atoms with van der Waals surface area (Å²) in [6.45, 7) is 2.22. The SMILES string of the molecule is CCC1CCCC(=NN=C(N)N)C1. The molecule has 4 N–H and O–H groups in total. The fraction of sp³-hybridized carbons (Fsp3) is 0.778. The van der Waals surface area contributed by atoms with Gasteiger partial charge in [0.15, 0.2) is 0 Å². The first kappa shape index (κ1) is 10.0. The predicted molar refractivity (Wildman–Crippen MR) is 55.5 cm³/mol. The van der Waals surface area contributed by atoms with Gasteiger partial charge in [-0.25, -0.2) is 0 Å². The zero-order valence-corrected chi connectivity index (χ0v) is 8.16. The van der Waals surface area contributed by atoms with Crippen LogP contribution < -0.4 is 11.5 Å². The minimum Gasteiger partial charge on any atom is -0.369 e. The Morgan fingerprint density at radius 2 is 2.31 bits per heavy atom. The van der Waals surface area contributed by atoms with E-state index in [1.165, 1.54) is 19.3 Å². The molecule has 0 aromatic heterocycles. The van der Waals surface area contributed by atoms with E-state index in [1.807, 2.05) is 0 Å². The zero-order chi connectivity index (χ0) is 9.68. The van der Waals surface area contributed by atoms with Crippen LogP contribution in [-0.2, 0) is 0 Å². The van der Waals surface area contributed by atoms with Crippen molar-refractivity contribution in [3.05, 3.63) is 0 Å². The van der Waals surface area contributed by atoms with Crippen molar-refractivity contribution in [3.63, 3.8) is 0 Å². The van der Waals surface area contributed by atoms with Crippen LogP contribution in [0.15, 0.2) is 10.2 Å². The van der Waals surface area contributed by atoms with Crippen molar-refractivity contribution < 1.29 is 0 Å². The second-order valence-electron chi connectivity index (χ2n) is 3.56. The summed E-state index contributed by atoms with van der Waals surface area (Å²) < 4.78 is 0. The van der Waals surface area contributed by atoms with E-state index in [1.54, 1.807) is 0 Å². The molecule has 1 rings (SSSR count). The van der Waals surface area contributed by atoms with Crippen LogP contribution in [0.1, 0.15) is 39.0 Å². The predicted octanol–water partition coefficient (Wildman–Crippen LogP) is 1.22. The number of rotatable bonds is 2. The number of guanidine groups is 1. The van der Waals surface area contributed by atoms with Crippen molar-refractivity contribution in [2.24, 2.45) is 27.6 Å². The van der Waals surface area contributed by atoms with Crippen molar-refractivity contribution in [2.45, 2.75) is 39.0 Å². The van der Waals surface area contributed by atoms with Crippen LogP contribution >= 0.6 is 0 Å². The normalized spacial score (nSPS) is 25.9. The number of hydrogen-bond acceptors (Lipinski definition) is 2. The molecule has 13 heavy (non-hydrogen) atoms. The fourth-order valence-corrected chi connectivity index (χ4v) is 1.70. The lowest BCUT2D eigenvalue weighted by molar-refractivity contribution is 0.446. The Kier molecular flexibility index (Phi) is 3.73. The summed E-state index contributed by atoms with van der Waals surface area (Å²) in [5.41, 5.74) is 11.5. The summed E-state index contributed by atoms with van der Waals surface area (Å²) in [5, 5.41) is 7.71. The topological polar surface area (TPSA) is 76.8 Å². The van der Waals surface area contributed by atoms with Crippen molar-refractivity contribution >= 4 is 11.7 Å². The smallest absolute Gasteiger partial charge is 0.211 e. The van der Waals surface area contributed by atoms with E-state index in [-0.39, 0.29) is 5.96 Å². The van der Waals surface area contributed by atoms with Gasteiger partial charge in [0.25, 0.3) is 0 Å². The zero-order valence-electron chi connectivity index (χ0n) is 8.16. The van der Waals surface area contributed by atoms with E-state index in [0.717, 1.165) is 24.5 Å². The van der Waals surface area contributed by atoms with Gasteiger partial charge < -0.3 is 11.5 Å². The summed E-state index contributed by atoms with van der Waals surface area (Å²) in [6, 6.07) is 0. The van der Waals surface area contributed by atoms with E-state index in [9.17, 15) is 0 Å². The maximum Gasteiger partial charge on any atom is 0.211 e. The highest BCUT2D eigenvalue weighted by Gasteiger charge is 2.16.